The first-order valence-electron chi connectivity index (χ1n) is 5.13. The topological polar surface area (TPSA) is 73.6 Å². The summed E-state index contributed by atoms with van der Waals surface area (Å²) >= 11 is 1.18. The second-order valence-corrected chi connectivity index (χ2v) is 4.59. The lowest BCUT2D eigenvalue weighted by Crippen LogP contribution is -2.31. The van der Waals surface area contributed by atoms with E-state index in [1.54, 1.807) is 20.3 Å². The molecule has 96 valence electrons. The van der Waals surface area contributed by atoms with Crippen molar-refractivity contribution in [1.29, 1.82) is 0 Å². The van der Waals surface area contributed by atoms with Crippen LogP contribution in [0.25, 0.3) is 0 Å². The highest BCUT2D eigenvalue weighted by molar-refractivity contribution is 7.15. The fourth-order valence-electron chi connectivity index (χ4n) is 1.31. The average Bonchev–Trinajstić information content (AvgIpc) is 2.77. The SMILES string of the molecule is COCC(CNCc1ccc([N+](=O)[O-])s1)OC. The summed E-state index contributed by atoms with van der Waals surface area (Å²) in [5, 5.41) is 13.8. The first-order valence-corrected chi connectivity index (χ1v) is 5.94. The molecule has 0 aliphatic heterocycles. The predicted octanol–water partition coefficient (Wildman–Crippen LogP) is 1.41. The Bertz CT molecular complexity index is 356. The number of nitrogens with one attached hydrogen (secondary N) is 1. The summed E-state index contributed by atoms with van der Waals surface area (Å²) in [4.78, 5) is 11.0. The van der Waals surface area contributed by atoms with Crippen LogP contribution in [0.5, 0.6) is 0 Å². The molecule has 1 aromatic heterocycles. The van der Waals surface area contributed by atoms with Crippen molar-refractivity contribution >= 4 is 16.3 Å². The van der Waals surface area contributed by atoms with Gasteiger partial charge in [0.1, 0.15) is 0 Å². The quantitative estimate of drug-likeness (QED) is 0.565. The van der Waals surface area contributed by atoms with Crippen LogP contribution >= 0.6 is 11.3 Å². The number of hydrogen-bond donors (Lipinski definition) is 1. The van der Waals surface area contributed by atoms with Gasteiger partial charge in [-0.25, -0.2) is 0 Å². The monoisotopic (exact) mass is 260 g/mol. The lowest BCUT2D eigenvalue weighted by atomic mass is 10.3. The minimum atomic E-state index is -0.378. The molecule has 0 bridgehead atoms. The number of ether oxygens (including phenoxy) is 2. The van der Waals surface area contributed by atoms with Gasteiger partial charge in [-0.15, -0.1) is 0 Å². The second kappa shape index (κ2) is 7.33. The van der Waals surface area contributed by atoms with Crippen molar-refractivity contribution in [3.63, 3.8) is 0 Å². The van der Waals surface area contributed by atoms with Gasteiger partial charge in [0.15, 0.2) is 0 Å². The first-order chi connectivity index (χ1) is 8.17. The Morgan fingerprint density at radius 2 is 2.29 bits per heavy atom. The third kappa shape index (κ3) is 4.78. The standard InChI is InChI=1S/C10H16N2O4S/c1-15-7-8(16-2)5-11-6-9-3-4-10(17-9)12(13)14/h3-4,8,11H,5-7H2,1-2H3. The summed E-state index contributed by atoms with van der Waals surface area (Å²) in [7, 11) is 3.25. The number of nitro groups is 1. The summed E-state index contributed by atoms with van der Waals surface area (Å²) < 4.78 is 10.2. The Hall–Kier alpha value is -1.02. The molecule has 1 N–H and O–H groups in total. The van der Waals surface area contributed by atoms with E-state index in [9.17, 15) is 10.1 Å². The van der Waals surface area contributed by atoms with Gasteiger partial charge in [-0.2, -0.15) is 0 Å². The van der Waals surface area contributed by atoms with E-state index in [0.717, 1.165) is 4.88 Å². The molecule has 7 heteroatoms. The molecule has 1 heterocycles. The molecule has 0 saturated heterocycles. The van der Waals surface area contributed by atoms with Crippen LogP contribution in [0, 0.1) is 10.1 Å². The Labute approximate surface area is 104 Å². The van der Waals surface area contributed by atoms with E-state index >= 15 is 0 Å². The van der Waals surface area contributed by atoms with Crippen molar-refractivity contribution in [2.45, 2.75) is 12.6 Å². The maximum atomic E-state index is 10.5. The van der Waals surface area contributed by atoms with Gasteiger partial charge in [0, 0.05) is 38.3 Å². The van der Waals surface area contributed by atoms with E-state index in [1.807, 2.05) is 0 Å². The summed E-state index contributed by atoms with van der Waals surface area (Å²) in [5.41, 5.74) is 0. The maximum absolute atomic E-state index is 10.5. The maximum Gasteiger partial charge on any atom is 0.324 e. The van der Waals surface area contributed by atoms with Crippen LogP contribution in [0.4, 0.5) is 5.00 Å². The summed E-state index contributed by atoms with van der Waals surface area (Å²) in [6.45, 7) is 1.77. The van der Waals surface area contributed by atoms with E-state index in [4.69, 9.17) is 9.47 Å². The predicted molar refractivity (Wildman–Crippen MR) is 65.4 cm³/mol. The third-order valence-corrected chi connectivity index (χ3v) is 3.22. The zero-order valence-electron chi connectivity index (χ0n) is 9.84. The normalized spacial score (nSPS) is 12.6. The van der Waals surface area contributed by atoms with Crippen molar-refractivity contribution < 1.29 is 14.4 Å². The van der Waals surface area contributed by atoms with Crippen molar-refractivity contribution in [1.82, 2.24) is 5.32 Å². The molecular weight excluding hydrogens is 244 g/mol. The number of nitrogens with zero attached hydrogens (tertiary/aromatic N) is 1. The molecule has 6 nitrogen and oxygen atoms in total. The van der Waals surface area contributed by atoms with Crippen molar-refractivity contribution in [2.75, 3.05) is 27.4 Å². The number of thiophene rings is 1. The number of hydrogen-bond acceptors (Lipinski definition) is 6. The summed E-state index contributed by atoms with van der Waals surface area (Å²) in [6, 6.07) is 3.28. The minimum Gasteiger partial charge on any atom is -0.382 e. The fourth-order valence-corrected chi connectivity index (χ4v) is 2.10. The average molecular weight is 260 g/mol. The molecule has 0 aliphatic carbocycles. The largest absolute Gasteiger partial charge is 0.382 e. The summed E-state index contributed by atoms with van der Waals surface area (Å²) in [6.07, 6.45) is -0.00468. The molecule has 1 unspecified atom stereocenters. The van der Waals surface area contributed by atoms with Gasteiger partial charge in [0.2, 0.25) is 0 Å². The highest BCUT2D eigenvalue weighted by Crippen LogP contribution is 2.23. The third-order valence-electron chi connectivity index (χ3n) is 2.18. The molecule has 0 aliphatic rings. The Kier molecular flexibility index (Phi) is 6.06. The zero-order chi connectivity index (χ0) is 12.7. The fraction of sp³-hybridized carbons (Fsp3) is 0.600. The smallest absolute Gasteiger partial charge is 0.324 e. The molecule has 0 amide bonds. The van der Waals surface area contributed by atoms with Crippen LogP contribution in [0.3, 0.4) is 0 Å². The van der Waals surface area contributed by atoms with Crippen LogP contribution < -0.4 is 5.32 Å². The molecule has 0 spiro atoms. The Morgan fingerprint density at radius 1 is 1.53 bits per heavy atom. The van der Waals surface area contributed by atoms with E-state index in [0.29, 0.717) is 19.7 Å². The number of rotatable bonds is 8. The van der Waals surface area contributed by atoms with Gasteiger partial charge in [-0.3, -0.25) is 10.1 Å². The van der Waals surface area contributed by atoms with Gasteiger partial charge >= 0.3 is 5.00 Å². The van der Waals surface area contributed by atoms with Crippen LogP contribution in [-0.2, 0) is 16.0 Å². The Balaban J connectivity index is 2.32. The van der Waals surface area contributed by atoms with Crippen LogP contribution in [-0.4, -0.2) is 38.4 Å². The summed E-state index contributed by atoms with van der Waals surface area (Å²) in [5.74, 6) is 0. The van der Waals surface area contributed by atoms with Crippen LogP contribution in [0.2, 0.25) is 0 Å². The van der Waals surface area contributed by atoms with Crippen molar-refractivity contribution in [3.8, 4) is 0 Å². The molecular formula is C10H16N2O4S. The number of methoxy groups -OCH3 is 2. The van der Waals surface area contributed by atoms with E-state index in [1.165, 1.54) is 17.4 Å². The lowest BCUT2D eigenvalue weighted by Gasteiger charge is -2.14. The molecule has 1 aromatic rings. The van der Waals surface area contributed by atoms with Gasteiger partial charge in [0.05, 0.1) is 17.6 Å². The molecule has 0 radical (unpaired) electrons. The molecule has 1 atom stereocenters. The van der Waals surface area contributed by atoms with E-state index < -0.39 is 0 Å². The molecule has 1 rings (SSSR count). The van der Waals surface area contributed by atoms with Crippen molar-refractivity contribution in [2.24, 2.45) is 0 Å². The van der Waals surface area contributed by atoms with Gasteiger partial charge in [-0.05, 0) is 6.07 Å². The van der Waals surface area contributed by atoms with Gasteiger partial charge in [0.25, 0.3) is 0 Å². The lowest BCUT2D eigenvalue weighted by molar-refractivity contribution is -0.380. The molecule has 0 saturated carbocycles. The first kappa shape index (κ1) is 14.0. The minimum absolute atomic E-state index is 0.00468. The molecule has 0 aromatic carbocycles. The van der Waals surface area contributed by atoms with Crippen LogP contribution in [0.1, 0.15) is 4.88 Å². The molecule has 0 fully saturated rings. The highest BCUT2D eigenvalue weighted by atomic mass is 32.1. The second-order valence-electron chi connectivity index (χ2n) is 3.44. The zero-order valence-corrected chi connectivity index (χ0v) is 10.7. The molecule has 17 heavy (non-hydrogen) atoms. The van der Waals surface area contributed by atoms with E-state index in [2.05, 4.69) is 5.32 Å². The highest BCUT2D eigenvalue weighted by Gasteiger charge is 2.10. The van der Waals surface area contributed by atoms with Crippen LogP contribution in [0.15, 0.2) is 12.1 Å². The van der Waals surface area contributed by atoms with Gasteiger partial charge in [-0.1, -0.05) is 11.3 Å². The van der Waals surface area contributed by atoms with Gasteiger partial charge < -0.3 is 14.8 Å². The van der Waals surface area contributed by atoms with E-state index in [-0.39, 0.29) is 16.0 Å². The Morgan fingerprint density at radius 3 is 2.82 bits per heavy atom. The van der Waals surface area contributed by atoms with Crippen molar-refractivity contribution in [3.05, 3.63) is 27.1 Å².